The Bertz CT molecular complexity index is 623. The molecule has 2 aromatic rings. The highest BCUT2D eigenvalue weighted by molar-refractivity contribution is 5.98. The number of anilines is 1. The van der Waals surface area contributed by atoms with Crippen LogP contribution in [-0.4, -0.2) is 17.9 Å². The summed E-state index contributed by atoms with van der Waals surface area (Å²) >= 11 is 0. The number of hydrogen-bond donors (Lipinski definition) is 1. The molecule has 0 heterocycles. The zero-order chi connectivity index (χ0) is 15.4. The summed E-state index contributed by atoms with van der Waals surface area (Å²) < 4.78 is 0. The monoisotopic (exact) mass is 318 g/mol. The van der Waals surface area contributed by atoms with Crippen molar-refractivity contribution in [2.45, 2.75) is 26.3 Å². The fraction of sp³-hybridized carbons (Fsp3) is 0.278. The second-order valence-electron chi connectivity index (χ2n) is 5.64. The Morgan fingerprint density at radius 2 is 1.68 bits per heavy atom. The molecule has 0 atom stereocenters. The second-order valence-corrected chi connectivity index (χ2v) is 5.64. The van der Waals surface area contributed by atoms with Gasteiger partial charge in [-0.05, 0) is 29.2 Å². The topological polar surface area (TPSA) is 46.3 Å². The molecule has 0 saturated heterocycles. The van der Waals surface area contributed by atoms with Crippen molar-refractivity contribution in [3.63, 3.8) is 0 Å². The smallest absolute Gasteiger partial charge is 0.255 e. The van der Waals surface area contributed by atoms with Gasteiger partial charge in [-0.1, -0.05) is 50.2 Å². The molecule has 0 aliphatic heterocycles. The van der Waals surface area contributed by atoms with E-state index in [0.29, 0.717) is 23.7 Å². The van der Waals surface area contributed by atoms with Crippen LogP contribution in [0, 0.1) is 0 Å². The lowest BCUT2D eigenvalue weighted by molar-refractivity contribution is 0.0786. The summed E-state index contributed by atoms with van der Waals surface area (Å²) in [5.41, 5.74) is 9.35. The highest BCUT2D eigenvalue weighted by Gasteiger charge is 2.14. The van der Waals surface area contributed by atoms with Gasteiger partial charge in [-0.3, -0.25) is 4.79 Å². The molecule has 2 aromatic carbocycles. The van der Waals surface area contributed by atoms with E-state index in [1.165, 1.54) is 5.56 Å². The van der Waals surface area contributed by atoms with Crippen molar-refractivity contribution in [1.29, 1.82) is 0 Å². The van der Waals surface area contributed by atoms with E-state index in [2.05, 4.69) is 38.1 Å². The lowest BCUT2D eigenvalue weighted by atomic mass is 10.0. The largest absolute Gasteiger partial charge is 0.398 e. The van der Waals surface area contributed by atoms with Crippen LogP contribution in [0.2, 0.25) is 0 Å². The van der Waals surface area contributed by atoms with Gasteiger partial charge in [0.2, 0.25) is 0 Å². The van der Waals surface area contributed by atoms with Gasteiger partial charge in [-0.25, -0.2) is 0 Å². The third-order valence-corrected chi connectivity index (χ3v) is 3.60. The molecule has 0 aliphatic carbocycles. The van der Waals surface area contributed by atoms with Crippen LogP contribution in [0.25, 0.3) is 0 Å². The molecule has 118 valence electrons. The van der Waals surface area contributed by atoms with E-state index in [1.54, 1.807) is 24.1 Å². The Balaban J connectivity index is 0.00000242. The Kier molecular flexibility index (Phi) is 6.44. The highest BCUT2D eigenvalue weighted by Crippen LogP contribution is 2.17. The van der Waals surface area contributed by atoms with Crippen LogP contribution in [0.5, 0.6) is 0 Å². The Morgan fingerprint density at radius 3 is 2.23 bits per heavy atom. The van der Waals surface area contributed by atoms with Crippen LogP contribution in [0.3, 0.4) is 0 Å². The number of nitrogens with two attached hydrogens (primary N) is 1. The normalized spacial score (nSPS) is 10.2. The average molecular weight is 319 g/mol. The molecular formula is C18H23ClN2O. The van der Waals surface area contributed by atoms with Crippen molar-refractivity contribution in [3.8, 4) is 0 Å². The van der Waals surface area contributed by atoms with E-state index in [4.69, 9.17) is 5.73 Å². The number of nitrogen functional groups attached to an aromatic ring is 1. The summed E-state index contributed by atoms with van der Waals surface area (Å²) in [5, 5.41) is 0. The highest BCUT2D eigenvalue weighted by atomic mass is 35.5. The lowest BCUT2D eigenvalue weighted by Gasteiger charge is -2.18. The number of carbonyl (C=O) groups is 1. The Labute approximate surface area is 138 Å². The van der Waals surface area contributed by atoms with Crippen molar-refractivity contribution in [3.05, 3.63) is 65.2 Å². The van der Waals surface area contributed by atoms with E-state index in [0.717, 1.165) is 5.56 Å². The summed E-state index contributed by atoms with van der Waals surface area (Å²) in [5.74, 6) is 0.462. The maximum atomic E-state index is 12.4. The van der Waals surface area contributed by atoms with Crippen molar-refractivity contribution >= 4 is 24.0 Å². The first-order valence-electron chi connectivity index (χ1n) is 7.18. The zero-order valence-corrected chi connectivity index (χ0v) is 14.1. The van der Waals surface area contributed by atoms with Crippen molar-refractivity contribution in [1.82, 2.24) is 4.90 Å². The Hall–Kier alpha value is -2.00. The quantitative estimate of drug-likeness (QED) is 0.863. The van der Waals surface area contributed by atoms with Crippen molar-refractivity contribution < 1.29 is 4.79 Å². The number of rotatable bonds is 4. The third-order valence-electron chi connectivity index (χ3n) is 3.60. The summed E-state index contributed by atoms with van der Waals surface area (Å²) in [6.45, 7) is 4.91. The minimum atomic E-state index is -0.0546. The minimum Gasteiger partial charge on any atom is -0.398 e. The molecule has 4 heteroatoms. The van der Waals surface area contributed by atoms with Gasteiger partial charge in [0.1, 0.15) is 0 Å². The number of amides is 1. The SMILES string of the molecule is CC(C)c1ccc(CN(C)C(=O)c2ccccc2N)cc1.Cl. The summed E-state index contributed by atoms with van der Waals surface area (Å²) in [7, 11) is 1.80. The van der Waals surface area contributed by atoms with Crippen LogP contribution < -0.4 is 5.73 Å². The molecule has 0 aromatic heterocycles. The van der Waals surface area contributed by atoms with Gasteiger partial charge in [-0.15, -0.1) is 12.4 Å². The first-order valence-corrected chi connectivity index (χ1v) is 7.18. The molecular weight excluding hydrogens is 296 g/mol. The molecule has 1 amide bonds. The molecule has 0 bridgehead atoms. The van der Waals surface area contributed by atoms with Crippen molar-refractivity contribution in [2.24, 2.45) is 0 Å². The first-order chi connectivity index (χ1) is 9.99. The van der Waals surface area contributed by atoms with E-state index in [-0.39, 0.29) is 18.3 Å². The molecule has 2 N–H and O–H groups in total. The number of hydrogen-bond acceptors (Lipinski definition) is 2. The van der Waals surface area contributed by atoms with Gasteiger partial charge < -0.3 is 10.6 Å². The van der Waals surface area contributed by atoms with Crippen LogP contribution in [-0.2, 0) is 6.54 Å². The molecule has 0 saturated carbocycles. The number of benzene rings is 2. The molecule has 0 radical (unpaired) electrons. The van der Waals surface area contributed by atoms with Crippen LogP contribution in [0.4, 0.5) is 5.69 Å². The van der Waals surface area contributed by atoms with Gasteiger partial charge in [0.05, 0.1) is 5.56 Å². The second kappa shape index (κ2) is 7.85. The lowest BCUT2D eigenvalue weighted by Crippen LogP contribution is -2.26. The van der Waals surface area contributed by atoms with E-state index < -0.39 is 0 Å². The van der Waals surface area contributed by atoms with Gasteiger partial charge in [0.25, 0.3) is 5.91 Å². The van der Waals surface area contributed by atoms with Crippen molar-refractivity contribution in [2.75, 3.05) is 12.8 Å². The maximum absolute atomic E-state index is 12.4. The molecule has 2 rings (SSSR count). The molecule has 0 aliphatic rings. The molecule has 0 spiro atoms. The van der Waals surface area contributed by atoms with Crippen LogP contribution >= 0.6 is 12.4 Å². The van der Waals surface area contributed by atoms with Gasteiger partial charge >= 0.3 is 0 Å². The predicted molar refractivity (Wildman–Crippen MR) is 94.4 cm³/mol. The fourth-order valence-corrected chi connectivity index (χ4v) is 2.25. The van der Waals surface area contributed by atoms with Gasteiger partial charge in [0, 0.05) is 19.3 Å². The first kappa shape index (κ1) is 18.1. The minimum absolute atomic E-state index is 0. The van der Waals surface area contributed by atoms with Crippen LogP contribution in [0.15, 0.2) is 48.5 Å². The summed E-state index contributed by atoms with van der Waals surface area (Å²) in [6, 6.07) is 15.6. The predicted octanol–water partition coefficient (Wildman–Crippen LogP) is 4.09. The molecule has 0 unspecified atom stereocenters. The maximum Gasteiger partial charge on any atom is 0.255 e. The molecule has 0 fully saturated rings. The van der Waals surface area contributed by atoms with Crippen LogP contribution in [0.1, 0.15) is 41.3 Å². The molecule has 22 heavy (non-hydrogen) atoms. The summed E-state index contributed by atoms with van der Waals surface area (Å²) in [4.78, 5) is 14.1. The van der Waals surface area contributed by atoms with Gasteiger partial charge in [0.15, 0.2) is 0 Å². The average Bonchev–Trinajstić information content (AvgIpc) is 2.47. The van der Waals surface area contributed by atoms with E-state index in [1.807, 2.05) is 12.1 Å². The van der Waals surface area contributed by atoms with E-state index in [9.17, 15) is 4.79 Å². The fourth-order valence-electron chi connectivity index (χ4n) is 2.25. The number of para-hydroxylation sites is 1. The third kappa shape index (κ3) is 4.25. The number of halogens is 1. The summed E-state index contributed by atoms with van der Waals surface area (Å²) in [6.07, 6.45) is 0. The standard InChI is InChI=1S/C18H22N2O.ClH/c1-13(2)15-10-8-14(9-11-15)12-20(3)18(21)16-6-4-5-7-17(16)19;/h4-11,13H,12,19H2,1-3H3;1H. The molecule has 3 nitrogen and oxygen atoms in total. The number of nitrogens with zero attached hydrogens (tertiary/aromatic N) is 1. The van der Waals surface area contributed by atoms with E-state index >= 15 is 0 Å². The van der Waals surface area contributed by atoms with Gasteiger partial charge in [-0.2, -0.15) is 0 Å². The zero-order valence-electron chi connectivity index (χ0n) is 13.2. The number of carbonyl (C=O) groups excluding carboxylic acids is 1. The Morgan fingerprint density at radius 1 is 1.09 bits per heavy atom.